The Morgan fingerprint density at radius 1 is 1.24 bits per heavy atom. The highest BCUT2D eigenvalue weighted by atomic mass is 35.5. The maximum absolute atomic E-state index is 14.2. The Hall–Kier alpha value is -3.46. The van der Waals surface area contributed by atoms with Crippen molar-refractivity contribution in [1.29, 1.82) is 0 Å². The van der Waals surface area contributed by atoms with Crippen molar-refractivity contribution in [3.05, 3.63) is 64.5 Å². The van der Waals surface area contributed by atoms with Crippen LogP contribution in [-0.2, 0) is 13.0 Å². The van der Waals surface area contributed by atoms with Crippen LogP contribution in [0.4, 0.5) is 10.2 Å². The number of nitrogens with zero attached hydrogens (tertiary/aromatic N) is 6. The maximum Gasteiger partial charge on any atom is 0.166 e. The van der Waals surface area contributed by atoms with Gasteiger partial charge in [0.15, 0.2) is 16.7 Å². The average Bonchev–Trinajstić information content (AvgIpc) is 3.41. The summed E-state index contributed by atoms with van der Waals surface area (Å²) < 4.78 is 24.1. The monoisotopic (exact) mass is 465 g/mol. The van der Waals surface area contributed by atoms with Gasteiger partial charge in [0.25, 0.3) is 0 Å². The summed E-state index contributed by atoms with van der Waals surface area (Å²) in [5.41, 5.74) is 10.7. The molecule has 4 aromatic rings. The van der Waals surface area contributed by atoms with Crippen LogP contribution in [0.2, 0.25) is 5.15 Å². The van der Waals surface area contributed by atoms with Crippen molar-refractivity contribution in [2.75, 3.05) is 5.73 Å². The molecule has 4 heterocycles. The molecule has 1 saturated carbocycles. The van der Waals surface area contributed by atoms with Crippen molar-refractivity contribution in [3.8, 4) is 22.7 Å². The zero-order valence-electron chi connectivity index (χ0n) is 17.9. The molecule has 0 amide bonds. The fourth-order valence-electron chi connectivity index (χ4n) is 4.33. The molecular formula is C23H21ClFN7O. The Labute approximate surface area is 194 Å². The smallest absolute Gasteiger partial charge is 0.166 e. The van der Waals surface area contributed by atoms with Gasteiger partial charge in [0, 0.05) is 30.3 Å². The number of fused-ring (bicyclic) bond motifs is 7. The number of hydrogen-bond donors (Lipinski definition) is 1. The van der Waals surface area contributed by atoms with Crippen LogP contribution in [0.1, 0.15) is 42.8 Å². The summed E-state index contributed by atoms with van der Waals surface area (Å²) in [6, 6.07) is 8.16. The Balaban J connectivity index is 1.60. The quantitative estimate of drug-likeness (QED) is 0.472. The molecule has 168 valence electrons. The number of aromatic nitrogens is 6. The van der Waals surface area contributed by atoms with Crippen LogP contribution < -0.4 is 10.5 Å². The van der Waals surface area contributed by atoms with Crippen molar-refractivity contribution in [1.82, 2.24) is 29.8 Å². The van der Waals surface area contributed by atoms with E-state index in [1.165, 1.54) is 25.0 Å². The van der Waals surface area contributed by atoms with Crippen LogP contribution in [0.3, 0.4) is 0 Å². The van der Waals surface area contributed by atoms with E-state index >= 15 is 0 Å². The lowest BCUT2D eigenvalue weighted by atomic mass is 10.0. The van der Waals surface area contributed by atoms with Crippen molar-refractivity contribution in [2.45, 2.75) is 38.8 Å². The molecule has 1 aromatic carbocycles. The molecule has 1 aliphatic heterocycles. The largest absolute Gasteiger partial charge is 0.482 e. The fourth-order valence-corrected chi connectivity index (χ4v) is 4.53. The van der Waals surface area contributed by atoms with Gasteiger partial charge in [-0.1, -0.05) is 16.8 Å². The first kappa shape index (κ1) is 20.2. The molecule has 0 saturated heterocycles. The number of nitrogens with two attached hydrogens (primary N) is 1. The summed E-state index contributed by atoms with van der Waals surface area (Å²) in [5, 5.41) is 13.8. The highest BCUT2D eigenvalue weighted by molar-refractivity contribution is 6.29. The standard InChI is InChI=1S/C23H21ClFN7O/c1-12-17-7-15(25)4-5-19(17)32-16(9-21(24)29-32)8-18-22(31(30-28-18)11-13-2-3-13)14-6-20(33-12)23(26)27-10-14/h4-7,9-10,12-13H,2-3,8,11H2,1H3,(H2,26,27). The summed E-state index contributed by atoms with van der Waals surface area (Å²) in [7, 11) is 0. The lowest BCUT2D eigenvalue weighted by Gasteiger charge is -2.21. The molecule has 2 N–H and O–H groups in total. The molecule has 8 nitrogen and oxygen atoms in total. The van der Waals surface area contributed by atoms with Crippen LogP contribution in [0.5, 0.6) is 5.75 Å². The minimum Gasteiger partial charge on any atom is -0.482 e. The molecule has 6 rings (SSSR count). The van der Waals surface area contributed by atoms with E-state index in [1.54, 1.807) is 23.0 Å². The lowest BCUT2D eigenvalue weighted by molar-refractivity contribution is 0.226. The second kappa shape index (κ2) is 7.55. The summed E-state index contributed by atoms with van der Waals surface area (Å²) in [4.78, 5) is 4.37. The van der Waals surface area contributed by atoms with Gasteiger partial charge in [-0.25, -0.2) is 18.7 Å². The van der Waals surface area contributed by atoms with Crippen molar-refractivity contribution in [2.24, 2.45) is 5.92 Å². The summed E-state index contributed by atoms with van der Waals surface area (Å²) in [6.07, 6.45) is 4.00. The zero-order valence-corrected chi connectivity index (χ0v) is 18.6. The third-order valence-corrected chi connectivity index (χ3v) is 6.33. The Morgan fingerprint density at radius 2 is 2.09 bits per heavy atom. The third-order valence-electron chi connectivity index (χ3n) is 6.15. The summed E-state index contributed by atoms with van der Waals surface area (Å²) in [6.45, 7) is 2.63. The molecule has 3 aromatic heterocycles. The third kappa shape index (κ3) is 3.62. The molecule has 1 aliphatic carbocycles. The predicted molar refractivity (Wildman–Crippen MR) is 121 cm³/mol. The van der Waals surface area contributed by atoms with E-state index < -0.39 is 6.10 Å². The predicted octanol–water partition coefficient (Wildman–Crippen LogP) is 4.35. The summed E-state index contributed by atoms with van der Waals surface area (Å²) >= 11 is 6.32. The first-order valence-electron chi connectivity index (χ1n) is 10.9. The number of pyridine rings is 1. The van der Waals surface area contributed by atoms with E-state index in [0.29, 0.717) is 34.5 Å². The molecule has 1 unspecified atom stereocenters. The van der Waals surface area contributed by atoms with E-state index in [0.717, 1.165) is 29.2 Å². The first-order valence-corrected chi connectivity index (χ1v) is 11.2. The minimum absolute atomic E-state index is 0.256. The zero-order chi connectivity index (χ0) is 22.7. The number of ether oxygens (including phenoxy) is 1. The van der Waals surface area contributed by atoms with Gasteiger partial charge >= 0.3 is 0 Å². The topological polar surface area (TPSA) is 96.7 Å². The van der Waals surface area contributed by atoms with E-state index in [9.17, 15) is 4.39 Å². The average molecular weight is 466 g/mol. The summed E-state index contributed by atoms with van der Waals surface area (Å²) in [5.74, 6) is 0.906. The van der Waals surface area contributed by atoms with Gasteiger partial charge in [-0.05, 0) is 56.0 Å². The van der Waals surface area contributed by atoms with E-state index in [-0.39, 0.29) is 11.6 Å². The van der Waals surface area contributed by atoms with Crippen LogP contribution in [0.25, 0.3) is 16.9 Å². The van der Waals surface area contributed by atoms with Gasteiger partial charge in [-0.3, -0.25) is 0 Å². The SMILES string of the molecule is CC1Oc2cc(cnc2N)-c2c(nnn2CC2CC2)Cc2cc(Cl)nn2-c2ccc(F)cc21. The van der Waals surface area contributed by atoms with Crippen molar-refractivity contribution in [3.63, 3.8) is 0 Å². The molecule has 1 fully saturated rings. The number of anilines is 1. The number of rotatable bonds is 2. The molecular weight excluding hydrogens is 445 g/mol. The molecule has 10 heteroatoms. The highest BCUT2D eigenvalue weighted by Crippen LogP contribution is 2.37. The van der Waals surface area contributed by atoms with Gasteiger partial charge in [-0.15, -0.1) is 5.10 Å². The molecule has 1 atom stereocenters. The number of benzene rings is 1. The lowest BCUT2D eigenvalue weighted by Crippen LogP contribution is -2.14. The van der Waals surface area contributed by atoms with E-state index in [2.05, 4.69) is 20.4 Å². The maximum atomic E-state index is 14.2. The van der Waals surface area contributed by atoms with Crippen LogP contribution in [-0.4, -0.2) is 29.8 Å². The van der Waals surface area contributed by atoms with Crippen molar-refractivity contribution >= 4 is 17.4 Å². The van der Waals surface area contributed by atoms with Crippen LogP contribution in [0, 0.1) is 11.7 Å². The van der Waals surface area contributed by atoms with E-state index in [4.69, 9.17) is 22.1 Å². The Morgan fingerprint density at radius 3 is 2.91 bits per heavy atom. The number of hydrogen-bond acceptors (Lipinski definition) is 6. The molecule has 2 bridgehead atoms. The Bertz CT molecular complexity index is 1380. The Kier molecular flexibility index (Phi) is 4.62. The molecule has 0 radical (unpaired) electrons. The first-order chi connectivity index (χ1) is 16.0. The van der Waals surface area contributed by atoms with Gasteiger partial charge < -0.3 is 10.5 Å². The second-order valence-corrected chi connectivity index (χ2v) is 9.02. The van der Waals surface area contributed by atoms with Crippen molar-refractivity contribution < 1.29 is 9.13 Å². The van der Waals surface area contributed by atoms with Gasteiger partial charge in [0.1, 0.15) is 11.9 Å². The molecule has 2 aliphatic rings. The minimum atomic E-state index is -0.528. The highest BCUT2D eigenvalue weighted by Gasteiger charge is 2.28. The second-order valence-electron chi connectivity index (χ2n) is 8.63. The van der Waals surface area contributed by atoms with E-state index in [1.807, 2.05) is 17.7 Å². The van der Waals surface area contributed by atoms with Gasteiger partial charge in [0.2, 0.25) is 0 Å². The normalized spacial score (nSPS) is 17.2. The number of halogens is 2. The fraction of sp³-hybridized carbons (Fsp3) is 0.304. The molecule has 0 spiro atoms. The van der Waals surface area contributed by atoms with Gasteiger partial charge in [0.05, 0.1) is 22.8 Å². The van der Waals surface area contributed by atoms with Gasteiger partial charge in [-0.2, -0.15) is 5.10 Å². The number of nitrogen functional groups attached to an aromatic ring is 1. The molecule has 33 heavy (non-hydrogen) atoms. The van der Waals surface area contributed by atoms with Crippen LogP contribution in [0.15, 0.2) is 36.5 Å². The van der Waals surface area contributed by atoms with Crippen LogP contribution >= 0.6 is 11.6 Å².